The fourth-order valence-corrected chi connectivity index (χ4v) is 1.60. The molecule has 7 heteroatoms. The van der Waals surface area contributed by atoms with E-state index in [0.717, 1.165) is 11.4 Å². The minimum atomic E-state index is -0.575. The summed E-state index contributed by atoms with van der Waals surface area (Å²) in [5.74, 6) is 0.156. The minimum Gasteiger partial charge on any atom is -0.507 e. The first-order chi connectivity index (χ1) is 9.60. The van der Waals surface area contributed by atoms with Gasteiger partial charge in [0, 0.05) is 11.6 Å². The van der Waals surface area contributed by atoms with Crippen LogP contribution in [-0.4, -0.2) is 41.4 Å². The van der Waals surface area contributed by atoms with E-state index < -0.39 is 11.9 Å². The summed E-state index contributed by atoms with van der Waals surface area (Å²) >= 11 is 0. The van der Waals surface area contributed by atoms with Crippen LogP contribution in [0.3, 0.4) is 0 Å². The Morgan fingerprint density at radius 2 is 2.30 bits per heavy atom. The largest absolute Gasteiger partial charge is 0.507 e. The molecule has 0 saturated carbocycles. The Balaban J connectivity index is 2.06. The zero-order valence-electron chi connectivity index (χ0n) is 11.0. The van der Waals surface area contributed by atoms with Crippen molar-refractivity contribution in [3.8, 4) is 11.5 Å². The normalized spacial score (nSPS) is 14.9. The summed E-state index contributed by atoms with van der Waals surface area (Å²) in [7, 11) is 0. The van der Waals surface area contributed by atoms with Gasteiger partial charge in [0.2, 0.25) is 5.91 Å². The number of phenols is 1. The van der Waals surface area contributed by atoms with E-state index in [4.69, 9.17) is 4.74 Å². The number of aromatic hydroxyl groups is 1. The highest BCUT2D eigenvalue weighted by Crippen LogP contribution is 2.22. The van der Waals surface area contributed by atoms with E-state index in [1.54, 1.807) is 12.1 Å². The van der Waals surface area contributed by atoms with Crippen molar-refractivity contribution in [3.63, 3.8) is 0 Å². The summed E-state index contributed by atoms with van der Waals surface area (Å²) < 4.78 is 5.38. The lowest BCUT2D eigenvalue weighted by molar-refractivity contribution is -0.118. The van der Waals surface area contributed by atoms with E-state index in [0.29, 0.717) is 17.9 Å². The molecule has 1 aromatic rings. The Morgan fingerprint density at radius 3 is 2.90 bits per heavy atom. The van der Waals surface area contributed by atoms with E-state index in [9.17, 15) is 14.7 Å². The van der Waals surface area contributed by atoms with Crippen LogP contribution in [0.1, 0.15) is 18.9 Å². The summed E-state index contributed by atoms with van der Waals surface area (Å²) in [6, 6.07) is 4.23. The third-order valence-electron chi connectivity index (χ3n) is 2.59. The molecule has 3 amide bonds. The van der Waals surface area contributed by atoms with E-state index in [2.05, 4.69) is 10.4 Å². The van der Waals surface area contributed by atoms with Gasteiger partial charge in [-0.1, -0.05) is 6.92 Å². The van der Waals surface area contributed by atoms with Crippen LogP contribution in [0, 0.1) is 0 Å². The molecule has 0 spiro atoms. The van der Waals surface area contributed by atoms with Gasteiger partial charge < -0.3 is 9.84 Å². The van der Waals surface area contributed by atoms with Gasteiger partial charge in [-0.15, -0.1) is 0 Å². The average Bonchev–Trinajstić information content (AvgIpc) is 2.73. The number of nitrogens with one attached hydrogen (secondary N) is 1. The number of amides is 3. The Hall–Kier alpha value is -2.57. The predicted molar refractivity (Wildman–Crippen MR) is 71.7 cm³/mol. The van der Waals surface area contributed by atoms with Crippen LogP contribution in [0.2, 0.25) is 0 Å². The highest BCUT2D eigenvalue weighted by molar-refractivity contribution is 6.02. The van der Waals surface area contributed by atoms with Crippen molar-refractivity contribution in [1.82, 2.24) is 10.3 Å². The van der Waals surface area contributed by atoms with Gasteiger partial charge in [0.15, 0.2) is 0 Å². The average molecular weight is 277 g/mol. The summed E-state index contributed by atoms with van der Waals surface area (Å²) in [6.45, 7) is 2.44. The van der Waals surface area contributed by atoms with Crippen molar-refractivity contribution in [1.29, 1.82) is 0 Å². The topological polar surface area (TPSA) is 91.2 Å². The molecule has 1 aliphatic heterocycles. The minimum absolute atomic E-state index is 0.00622. The maximum atomic E-state index is 11.3. The van der Waals surface area contributed by atoms with Crippen molar-refractivity contribution in [3.05, 3.63) is 23.8 Å². The number of hydrogen-bond donors (Lipinski definition) is 2. The Morgan fingerprint density at radius 1 is 1.50 bits per heavy atom. The second-order valence-electron chi connectivity index (χ2n) is 4.22. The first-order valence-corrected chi connectivity index (χ1v) is 6.21. The molecule has 1 saturated heterocycles. The van der Waals surface area contributed by atoms with Gasteiger partial charge in [-0.25, -0.2) is 9.80 Å². The summed E-state index contributed by atoms with van der Waals surface area (Å²) in [6.07, 6.45) is 2.19. The summed E-state index contributed by atoms with van der Waals surface area (Å²) in [5.41, 5.74) is 0.431. The molecule has 2 N–H and O–H groups in total. The fraction of sp³-hybridized carbons (Fsp3) is 0.308. The number of ether oxygens (including phenoxy) is 1. The highest BCUT2D eigenvalue weighted by Gasteiger charge is 2.25. The molecule has 2 rings (SSSR count). The number of hydrazone groups is 1. The van der Waals surface area contributed by atoms with Crippen LogP contribution in [0.25, 0.3) is 0 Å². The number of hydrogen-bond acceptors (Lipinski definition) is 5. The first-order valence-electron chi connectivity index (χ1n) is 6.21. The second kappa shape index (κ2) is 6.05. The number of imide groups is 1. The molecule has 0 aliphatic carbocycles. The lowest BCUT2D eigenvalue weighted by atomic mass is 10.2. The molecular weight excluding hydrogens is 262 g/mol. The van der Waals surface area contributed by atoms with E-state index >= 15 is 0 Å². The highest BCUT2D eigenvalue weighted by atomic mass is 16.5. The molecule has 0 radical (unpaired) electrons. The second-order valence-corrected chi connectivity index (χ2v) is 4.22. The Labute approximate surface area is 115 Å². The first kappa shape index (κ1) is 13.9. The van der Waals surface area contributed by atoms with E-state index in [1.165, 1.54) is 12.3 Å². The number of urea groups is 1. The molecule has 20 heavy (non-hydrogen) atoms. The van der Waals surface area contributed by atoms with Crippen molar-refractivity contribution >= 4 is 18.2 Å². The maximum absolute atomic E-state index is 11.3. The number of carbonyl (C=O) groups excluding carboxylic acids is 2. The number of nitrogens with zero attached hydrogens (tertiary/aromatic N) is 2. The van der Waals surface area contributed by atoms with Crippen LogP contribution in [0.5, 0.6) is 11.5 Å². The molecule has 0 bridgehead atoms. The lowest BCUT2D eigenvalue weighted by Crippen LogP contribution is -2.24. The molecule has 0 atom stereocenters. The van der Waals surface area contributed by atoms with E-state index in [1.807, 2.05) is 6.92 Å². The van der Waals surface area contributed by atoms with Gasteiger partial charge in [0.1, 0.15) is 18.0 Å². The van der Waals surface area contributed by atoms with Gasteiger partial charge in [0.25, 0.3) is 0 Å². The lowest BCUT2D eigenvalue weighted by Gasteiger charge is -2.07. The zero-order chi connectivity index (χ0) is 14.5. The van der Waals surface area contributed by atoms with Crippen molar-refractivity contribution in [2.45, 2.75) is 13.3 Å². The molecule has 0 aromatic heterocycles. The zero-order valence-corrected chi connectivity index (χ0v) is 11.0. The molecule has 1 heterocycles. The maximum Gasteiger partial charge on any atom is 0.344 e. The molecule has 1 aromatic carbocycles. The smallest absolute Gasteiger partial charge is 0.344 e. The van der Waals surface area contributed by atoms with Gasteiger partial charge in [-0.3, -0.25) is 10.1 Å². The SMILES string of the molecule is CCCOc1ccc(/C=N/N2CC(=O)NC2=O)c(O)c1. The fourth-order valence-electron chi connectivity index (χ4n) is 1.60. The third kappa shape index (κ3) is 3.25. The van der Waals surface area contributed by atoms with Crippen molar-refractivity contribution in [2.24, 2.45) is 5.10 Å². The quantitative estimate of drug-likeness (QED) is 0.622. The van der Waals surface area contributed by atoms with Crippen molar-refractivity contribution in [2.75, 3.05) is 13.2 Å². The number of benzene rings is 1. The Bertz CT molecular complexity index is 557. The van der Waals surface area contributed by atoms with E-state index in [-0.39, 0.29) is 12.3 Å². The van der Waals surface area contributed by atoms with Crippen LogP contribution >= 0.6 is 0 Å². The number of rotatable bonds is 5. The van der Waals surface area contributed by atoms with Crippen LogP contribution < -0.4 is 10.1 Å². The molecule has 1 aliphatic rings. The summed E-state index contributed by atoms with van der Waals surface area (Å²) in [5, 5.41) is 16.8. The third-order valence-corrected chi connectivity index (χ3v) is 2.59. The van der Waals surface area contributed by atoms with Gasteiger partial charge in [-0.05, 0) is 18.6 Å². The number of carbonyl (C=O) groups is 2. The summed E-state index contributed by atoms with van der Waals surface area (Å²) in [4.78, 5) is 22.2. The molecule has 7 nitrogen and oxygen atoms in total. The molecule has 0 unspecified atom stereocenters. The van der Waals surface area contributed by atoms with Crippen LogP contribution in [-0.2, 0) is 4.79 Å². The standard InChI is InChI=1S/C13H15N3O4/c1-2-5-20-10-4-3-9(11(17)6-10)7-14-16-8-12(18)15-13(16)19/h3-4,6-7,17H,2,5,8H2,1H3,(H,15,18,19)/b14-7+. The Kier molecular flexibility index (Phi) is 4.19. The number of phenolic OH excluding ortho intramolecular Hbond substituents is 1. The van der Waals surface area contributed by atoms with Gasteiger partial charge in [0.05, 0.1) is 12.8 Å². The van der Waals surface area contributed by atoms with Gasteiger partial charge >= 0.3 is 6.03 Å². The van der Waals surface area contributed by atoms with Crippen molar-refractivity contribution < 1.29 is 19.4 Å². The molecule has 1 fully saturated rings. The molecular formula is C13H15N3O4. The van der Waals surface area contributed by atoms with Crippen LogP contribution in [0.4, 0.5) is 4.79 Å². The molecule has 106 valence electrons. The monoisotopic (exact) mass is 277 g/mol. The van der Waals surface area contributed by atoms with Gasteiger partial charge in [-0.2, -0.15) is 5.10 Å². The van der Waals surface area contributed by atoms with Crippen LogP contribution in [0.15, 0.2) is 23.3 Å². The predicted octanol–water partition coefficient (Wildman–Crippen LogP) is 1.07.